The van der Waals surface area contributed by atoms with Gasteiger partial charge in [0.25, 0.3) is 0 Å². The van der Waals surface area contributed by atoms with Gasteiger partial charge >= 0.3 is 0 Å². The van der Waals surface area contributed by atoms with Crippen LogP contribution in [0.3, 0.4) is 0 Å². The fourth-order valence-electron chi connectivity index (χ4n) is 2.05. The fourth-order valence-corrected chi connectivity index (χ4v) is 2.31. The molecule has 0 spiro atoms. The first-order valence-electron chi connectivity index (χ1n) is 6.73. The predicted octanol–water partition coefficient (Wildman–Crippen LogP) is 2.76. The summed E-state index contributed by atoms with van der Waals surface area (Å²) in [5.74, 6) is 0. The zero-order chi connectivity index (χ0) is 12.7. The van der Waals surface area contributed by atoms with Crippen LogP contribution < -0.4 is 5.32 Å². The summed E-state index contributed by atoms with van der Waals surface area (Å²) in [5.41, 5.74) is 1.43. The molecule has 1 heterocycles. The first-order valence-corrected chi connectivity index (χ1v) is 8.02. The van der Waals surface area contributed by atoms with Gasteiger partial charge in [-0.3, -0.25) is 4.90 Å². The maximum absolute atomic E-state index is 3.69. The van der Waals surface area contributed by atoms with E-state index >= 15 is 0 Å². The molecule has 0 saturated carbocycles. The van der Waals surface area contributed by atoms with Crippen LogP contribution >= 0.6 is 11.8 Å². The van der Waals surface area contributed by atoms with Gasteiger partial charge in [0, 0.05) is 24.4 Å². The zero-order valence-electron chi connectivity index (χ0n) is 11.8. The topological polar surface area (TPSA) is 15.3 Å². The lowest BCUT2D eigenvalue weighted by Gasteiger charge is -2.32. The van der Waals surface area contributed by atoms with Gasteiger partial charge in [0.05, 0.1) is 0 Å². The Morgan fingerprint density at radius 3 is 2.59 bits per heavy atom. The van der Waals surface area contributed by atoms with Crippen LogP contribution in [0.5, 0.6) is 0 Å². The van der Waals surface area contributed by atoms with E-state index in [0.29, 0.717) is 0 Å². The number of piperidine rings is 1. The molecule has 3 heteroatoms. The standard InChI is InChI=1S/C14H28N2S/c1-12(2)5-8-16-9-6-14(7-10-16)15-11-13(3)17-4/h5,13-15H,6-11H2,1-4H3. The summed E-state index contributed by atoms with van der Waals surface area (Å²) in [7, 11) is 0. The molecule has 2 nitrogen and oxygen atoms in total. The summed E-state index contributed by atoms with van der Waals surface area (Å²) in [6.07, 6.45) is 7.13. The summed E-state index contributed by atoms with van der Waals surface area (Å²) >= 11 is 1.94. The second kappa shape index (κ2) is 8.17. The third-order valence-corrected chi connectivity index (χ3v) is 4.41. The molecule has 100 valence electrons. The Labute approximate surface area is 111 Å². The third-order valence-electron chi connectivity index (χ3n) is 3.44. The van der Waals surface area contributed by atoms with Gasteiger partial charge in [-0.15, -0.1) is 0 Å². The minimum absolute atomic E-state index is 0.735. The van der Waals surface area contributed by atoms with Crippen molar-refractivity contribution in [2.24, 2.45) is 0 Å². The highest BCUT2D eigenvalue weighted by Gasteiger charge is 2.18. The smallest absolute Gasteiger partial charge is 0.0165 e. The molecule has 1 fully saturated rings. The summed E-state index contributed by atoms with van der Waals surface area (Å²) < 4.78 is 0. The molecule has 1 aliphatic rings. The highest BCUT2D eigenvalue weighted by atomic mass is 32.2. The Hall–Kier alpha value is 0.0100. The zero-order valence-corrected chi connectivity index (χ0v) is 12.6. The SMILES string of the molecule is CSC(C)CNC1CCN(CC=C(C)C)CC1. The second-order valence-corrected chi connectivity index (χ2v) is 6.59. The predicted molar refractivity (Wildman–Crippen MR) is 79.9 cm³/mol. The second-order valence-electron chi connectivity index (χ2n) is 5.31. The summed E-state index contributed by atoms with van der Waals surface area (Å²) in [5, 5.41) is 4.43. The summed E-state index contributed by atoms with van der Waals surface area (Å²) in [6.45, 7) is 11.4. The van der Waals surface area contributed by atoms with Gasteiger partial charge in [0.15, 0.2) is 0 Å². The van der Waals surface area contributed by atoms with E-state index in [-0.39, 0.29) is 0 Å². The van der Waals surface area contributed by atoms with E-state index in [4.69, 9.17) is 0 Å². The van der Waals surface area contributed by atoms with Crippen molar-refractivity contribution in [3.8, 4) is 0 Å². The van der Waals surface area contributed by atoms with Gasteiger partial charge in [-0.25, -0.2) is 0 Å². The monoisotopic (exact) mass is 256 g/mol. The van der Waals surface area contributed by atoms with Crippen LogP contribution in [-0.4, -0.2) is 48.6 Å². The average Bonchev–Trinajstić information content (AvgIpc) is 2.34. The molecule has 0 aromatic rings. The molecule has 1 saturated heterocycles. The van der Waals surface area contributed by atoms with Crippen LogP contribution in [-0.2, 0) is 0 Å². The molecule has 0 aromatic carbocycles. The van der Waals surface area contributed by atoms with Crippen LogP contribution in [0.2, 0.25) is 0 Å². The van der Waals surface area contributed by atoms with Gasteiger partial charge in [0.1, 0.15) is 0 Å². The normalized spacial score (nSPS) is 20.2. The minimum Gasteiger partial charge on any atom is -0.313 e. The minimum atomic E-state index is 0.735. The Bertz CT molecular complexity index is 228. The van der Waals surface area contributed by atoms with Gasteiger partial charge in [-0.2, -0.15) is 11.8 Å². The Morgan fingerprint density at radius 1 is 1.41 bits per heavy atom. The molecule has 1 unspecified atom stereocenters. The maximum Gasteiger partial charge on any atom is 0.0165 e. The highest BCUT2D eigenvalue weighted by Crippen LogP contribution is 2.11. The first kappa shape index (κ1) is 15.1. The van der Waals surface area contributed by atoms with Gasteiger partial charge in [-0.1, -0.05) is 18.6 Å². The Kier molecular flexibility index (Phi) is 7.24. The molecule has 1 rings (SSSR count). The van der Waals surface area contributed by atoms with Crippen molar-refractivity contribution in [3.63, 3.8) is 0 Å². The molecule has 0 amide bonds. The van der Waals surface area contributed by atoms with Crippen LogP contribution in [0, 0.1) is 0 Å². The van der Waals surface area contributed by atoms with E-state index in [9.17, 15) is 0 Å². The molecular weight excluding hydrogens is 228 g/mol. The third kappa shape index (κ3) is 6.49. The number of nitrogens with one attached hydrogen (secondary N) is 1. The number of rotatable bonds is 6. The number of thioether (sulfide) groups is 1. The average molecular weight is 256 g/mol. The molecule has 0 aromatic heterocycles. The Morgan fingerprint density at radius 2 is 2.06 bits per heavy atom. The molecule has 0 aliphatic carbocycles. The summed E-state index contributed by atoms with van der Waals surface area (Å²) in [6, 6.07) is 0.743. The molecule has 1 atom stereocenters. The van der Waals surface area contributed by atoms with Crippen LogP contribution in [0.15, 0.2) is 11.6 Å². The van der Waals surface area contributed by atoms with E-state index in [1.165, 1.54) is 31.5 Å². The molecule has 1 aliphatic heterocycles. The molecule has 0 bridgehead atoms. The number of allylic oxidation sites excluding steroid dienone is 1. The van der Waals surface area contributed by atoms with Crippen LogP contribution in [0.4, 0.5) is 0 Å². The molecular formula is C14H28N2S. The maximum atomic E-state index is 3.69. The van der Waals surface area contributed by atoms with Crippen molar-refractivity contribution in [1.29, 1.82) is 0 Å². The van der Waals surface area contributed by atoms with Gasteiger partial charge < -0.3 is 5.32 Å². The quantitative estimate of drug-likeness (QED) is 0.736. The van der Waals surface area contributed by atoms with E-state index < -0.39 is 0 Å². The van der Waals surface area contributed by atoms with E-state index in [0.717, 1.165) is 24.4 Å². The lowest BCUT2D eigenvalue weighted by molar-refractivity contribution is 0.215. The van der Waals surface area contributed by atoms with Crippen molar-refractivity contribution in [2.45, 2.75) is 44.9 Å². The molecule has 1 N–H and O–H groups in total. The van der Waals surface area contributed by atoms with Crippen LogP contribution in [0.25, 0.3) is 0 Å². The van der Waals surface area contributed by atoms with Crippen molar-refractivity contribution in [2.75, 3.05) is 32.4 Å². The number of hydrogen-bond donors (Lipinski definition) is 1. The van der Waals surface area contributed by atoms with Crippen molar-refractivity contribution in [1.82, 2.24) is 10.2 Å². The highest BCUT2D eigenvalue weighted by molar-refractivity contribution is 7.99. The summed E-state index contributed by atoms with van der Waals surface area (Å²) in [4.78, 5) is 2.56. The fraction of sp³-hybridized carbons (Fsp3) is 0.857. The van der Waals surface area contributed by atoms with Crippen molar-refractivity contribution >= 4 is 11.8 Å². The first-order chi connectivity index (χ1) is 8.11. The van der Waals surface area contributed by atoms with Gasteiger partial charge in [0.2, 0.25) is 0 Å². The lowest BCUT2D eigenvalue weighted by atomic mass is 10.0. The number of hydrogen-bond acceptors (Lipinski definition) is 3. The van der Waals surface area contributed by atoms with E-state index in [1.54, 1.807) is 0 Å². The Balaban J connectivity index is 2.15. The van der Waals surface area contributed by atoms with Crippen molar-refractivity contribution in [3.05, 3.63) is 11.6 Å². The number of nitrogens with zero attached hydrogens (tertiary/aromatic N) is 1. The van der Waals surface area contributed by atoms with E-state index in [2.05, 4.69) is 43.3 Å². The van der Waals surface area contributed by atoms with E-state index in [1.807, 2.05) is 11.8 Å². The molecule has 17 heavy (non-hydrogen) atoms. The van der Waals surface area contributed by atoms with Crippen molar-refractivity contribution < 1.29 is 0 Å². The lowest BCUT2D eigenvalue weighted by Crippen LogP contribution is -2.44. The van der Waals surface area contributed by atoms with Crippen LogP contribution in [0.1, 0.15) is 33.6 Å². The van der Waals surface area contributed by atoms with Gasteiger partial charge in [-0.05, 0) is 46.0 Å². The molecule has 0 radical (unpaired) electrons. The number of likely N-dealkylation sites (tertiary alicyclic amines) is 1. The largest absolute Gasteiger partial charge is 0.313 e.